The van der Waals surface area contributed by atoms with Crippen LogP contribution >= 0.6 is 0 Å². The van der Waals surface area contributed by atoms with Gasteiger partial charge in [-0.3, -0.25) is 0 Å². The molecule has 0 aromatic carbocycles. The third kappa shape index (κ3) is 2.65. The Morgan fingerprint density at radius 2 is 2.00 bits per heavy atom. The van der Waals surface area contributed by atoms with Crippen LogP contribution in [-0.4, -0.2) is 51.6 Å². The molecule has 4 atom stereocenters. The minimum absolute atomic E-state index is 0.258. The second-order valence-electron chi connectivity index (χ2n) is 5.94. The molecular formula is C13H26N2O2. The lowest BCUT2D eigenvalue weighted by molar-refractivity contribution is -0.0976. The summed E-state index contributed by atoms with van der Waals surface area (Å²) in [6.07, 6.45) is 3.04. The fraction of sp³-hybridized carbons (Fsp3) is 1.00. The molecule has 1 aliphatic heterocycles. The maximum Gasteiger partial charge on any atom is 0.0711 e. The minimum atomic E-state index is 0.258. The molecule has 1 saturated heterocycles. The van der Waals surface area contributed by atoms with Gasteiger partial charge in [-0.05, 0) is 12.8 Å². The highest BCUT2D eigenvalue weighted by atomic mass is 16.5. The zero-order chi connectivity index (χ0) is 12.5. The molecule has 0 bridgehead atoms. The average molecular weight is 242 g/mol. The van der Waals surface area contributed by atoms with Crippen molar-refractivity contribution in [1.29, 1.82) is 0 Å². The number of ether oxygens (including phenoxy) is 2. The third-order valence-corrected chi connectivity index (χ3v) is 4.59. The van der Waals surface area contributed by atoms with Gasteiger partial charge in [0, 0.05) is 44.8 Å². The number of hydrogen-bond donors (Lipinski definition) is 2. The Hall–Kier alpha value is -0.160. The number of rotatable bonds is 5. The van der Waals surface area contributed by atoms with Crippen molar-refractivity contribution in [2.45, 2.75) is 51.0 Å². The first-order valence-corrected chi connectivity index (χ1v) is 6.60. The molecule has 2 aliphatic rings. The molecule has 4 unspecified atom stereocenters. The van der Waals surface area contributed by atoms with Gasteiger partial charge in [0.1, 0.15) is 0 Å². The van der Waals surface area contributed by atoms with Crippen molar-refractivity contribution >= 4 is 0 Å². The normalized spacial score (nSPS) is 40.2. The Bertz CT molecular complexity index is 258. The molecule has 4 nitrogen and oxygen atoms in total. The lowest BCUT2D eigenvalue weighted by Gasteiger charge is -2.51. The van der Waals surface area contributed by atoms with Crippen LogP contribution in [0, 0.1) is 5.41 Å². The topological polar surface area (TPSA) is 42.5 Å². The SMILES string of the molecule is COC1CNC(CNC2CC(OC)C2(C)C)C1. The third-order valence-electron chi connectivity index (χ3n) is 4.59. The van der Waals surface area contributed by atoms with E-state index in [9.17, 15) is 0 Å². The van der Waals surface area contributed by atoms with Crippen LogP contribution in [0.2, 0.25) is 0 Å². The molecular weight excluding hydrogens is 216 g/mol. The predicted octanol–water partition coefficient (Wildman–Crippen LogP) is 0.766. The van der Waals surface area contributed by atoms with E-state index in [1.165, 1.54) is 0 Å². The molecule has 17 heavy (non-hydrogen) atoms. The molecule has 0 radical (unpaired) electrons. The second-order valence-corrected chi connectivity index (χ2v) is 5.94. The Morgan fingerprint density at radius 1 is 1.24 bits per heavy atom. The molecule has 0 spiro atoms. The molecule has 2 rings (SSSR count). The maximum atomic E-state index is 5.46. The predicted molar refractivity (Wildman–Crippen MR) is 68.2 cm³/mol. The summed E-state index contributed by atoms with van der Waals surface area (Å²) in [7, 11) is 3.60. The van der Waals surface area contributed by atoms with E-state index >= 15 is 0 Å². The summed E-state index contributed by atoms with van der Waals surface area (Å²) in [5.74, 6) is 0. The van der Waals surface area contributed by atoms with E-state index in [4.69, 9.17) is 9.47 Å². The van der Waals surface area contributed by atoms with E-state index < -0.39 is 0 Å². The van der Waals surface area contributed by atoms with Crippen molar-refractivity contribution < 1.29 is 9.47 Å². The first kappa shape index (κ1) is 13.3. The van der Waals surface area contributed by atoms with E-state index in [0.29, 0.717) is 24.3 Å². The van der Waals surface area contributed by atoms with Gasteiger partial charge in [0.2, 0.25) is 0 Å². The molecule has 1 heterocycles. The minimum Gasteiger partial charge on any atom is -0.381 e. The summed E-state index contributed by atoms with van der Waals surface area (Å²) in [6.45, 7) is 6.58. The van der Waals surface area contributed by atoms with E-state index in [-0.39, 0.29) is 5.41 Å². The Balaban J connectivity index is 1.70. The van der Waals surface area contributed by atoms with Gasteiger partial charge in [-0.2, -0.15) is 0 Å². The summed E-state index contributed by atoms with van der Waals surface area (Å²) in [5, 5.41) is 7.16. The zero-order valence-electron chi connectivity index (χ0n) is 11.5. The van der Waals surface area contributed by atoms with Crippen molar-refractivity contribution in [2.24, 2.45) is 5.41 Å². The van der Waals surface area contributed by atoms with Gasteiger partial charge in [0.15, 0.2) is 0 Å². The van der Waals surface area contributed by atoms with Crippen molar-refractivity contribution in [3.05, 3.63) is 0 Å². The summed E-state index contributed by atoms with van der Waals surface area (Å²) < 4.78 is 10.8. The van der Waals surface area contributed by atoms with Gasteiger partial charge >= 0.3 is 0 Å². The first-order valence-electron chi connectivity index (χ1n) is 6.60. The summed E-state index contributed by atoms with van der Waals surface area (Å²) in [6, 6.07) is 1.13. The average Bonchev–Trinajstić information content (AvgIpc) is 2.76. The highest BCUT2D eigenvalue weighted by molar-refractivity contribution is 5.03. The van der Waals surface area contributed by atoms with Gasteiger partial charge in [-0.25, -0.2) is 0 Å². The molecule has 100 valence electrons. The molecule has 1 aliphatic carbocycles. The number of methoxy groups -OCH3 is 2. The fourth-order valence-electron chi connectivity index (χ4n) is 3.03. The van der Waals surface area contributed by atoms with Crippen LogP contribution in [0.1, 0.15) is 26.7 Å². The molecule has 2 fully saturated rings. The molecule has 0 amide bonds. The molecule has 0 aromatic heterocycles. The van der Waals surface area contributed by atoms with Crippen molar-refractivity contribution in [2.75, 3.05) is 27.3 Å². The Labute approximate surface area is 104 Å². The Kier molecular flexibility index (Phi) is 4.08. The number of nitrogens with one attached hydrogen (secondary N) is 2. The van der Waals surface area contributed by atoms with Crippen LogP contribution in [0.4, 0.5) is 0 Å². The summed E-state index contributed by atoms with van der Waals surface area (Å²) in [4.78, 5) is 0. The van der Waals surface area contributed by atoms with Crippen molar-refractivity contribution in [3.8, 4) is 0 Å². The molecule has 1 saturated carbocycles. The highest BCUT2D eigenvalue weighted by Crippen LogP contribution is 2.42. The molecule has 4 heteroatoms. The standard InChI is InChI=1S/C13H26N2O2/c1-13(2)11(6-12(13)17-4)15-7-9-5-10(16-3)8-14-9/h9-12,14-15H,5-8H2,1-4H3. The van der Waals surface area contributed by atoms with E-state index in [2.05, 4.69) is 24.5 Å². The van der Waals surface area contributed by atoms with Gasteiger partial charge < -0.3 is 20.1 Å². The van der Waals surface area contributed by atoms with E-state index in [1.54, 1.807) is 7.11 Å². The van der Waals surface area contributed by atoms with Crippen molar-refractivity contribution in [3.63, 3.8) is 0 Å². The van der Waals surface area contributed by atoms with E-state index in [0.717, 1.165) is 25.9 Å². The van der Waals surface area contributed by atoms with Gasteiger partial charge in [0.05, 0.1) is 12.2 Å². The summed E-state index contributed by atoms with van der Waals surface area (Å²) >= 11 is 0. The van der Waals surface area contributed by atoms with Crippen LogP contribution in [0.5, 0.6) is 0 Å². The van der Waals surface area contributed by atoms with Gasteiger partial charge in [-0.15, -0.1) is 0 Å². The molecule has 0 aromatic rings. The quantitative estimate of drug-likeness (QED) is 0.747. The monoisotopic (exact) mass is 242 g/mol. The first-order chi connectivity index (χ1) is 8.07. The highest BCUT2D eigenvalue weighted by Gasteiger charge is 2.48. The van der Waals surface area contributed by atoms with Gasteiger partial charge in [0.25, 0.3) is 0 Å². The molecule has 2 N–H and O–H groups in total. The van der Waals surface area contributed by atoms with Crippen LogP contribution in [0.15, 0.2) is 0 Å². The second kappa shape index (κ2) is 5.22. The zero-order valence-corrected chi connectivity index (χ0v) is 11.5. The largest absolute Gasteiger partial charge is 0.381 e. The van der Waals surface area contributed by atoms with E-state index in [1.807, 2.05) is 7.11 Å². The lowest BCUT2D eigenvalue weighted by Crippen LogP contribution is -2.61. The number of hydrogen-bond acceptors (Lipinski definition) is 4. The van der Waals surface area contributed by atoms with Crippen LogP contribution < -0.4 is 10.6 Å². The van der Waals surface area contributed by atoms with Crippen LogP contribution in [0.3, 0.4) is 0 Å². The maximum absolute atomic E-state index is 5.46. The Morgan fingerprint density at radius 3 is 2.53 bits per heavy atom. The van der Waals surface area contributed by atoms with Crippen LogP contribution in [0.25, 0.3) is 0 Å². The fourth-order valence-corrected chi connectivity index (χ4v) is 3.03. The van der Waals surface area contributed by atoms with Crippen molar-refractivity contribution in [1.82, 2.24) is 10.6 Å². The smallest absolute Gasteiger partial charge is 0.0711 e. The van der Waals surface area contributed by atoms with Gasteiger partial charge in [-0.1, -0.05) is 13.8 Å². The van der Waals surface area contributed by atoms with Crippen LogP contribution in [-0.2, 0) is 9.47 Å². The lowest BCUT2D eigenvalue weighted by atomic mass is 9.64. The summed E-state index contributed by atoms with van der Waals surface area (Å²) in [5.41, 5.74) is 0.258.